The van der Waals surface area contributed by atoms with Gasteiger partial charge in [0.15, 0.2) is 5.69 Å². The Morgan fingerprint density at radius 2 is 2.05 bits per heavy atom. The van der Waals surface area contributed by atoms with Crippen molar-refractivity contribution >= 4 is 17.3 Å². The number of carbonyl (C=O) groups excluding carboxylic acids is 1. The predicted octanol–water partition coefficient (Wildman–Crippen LogP) is 1.95. The first-order valence-corrected chi connectivity index (χ1v) is 5.96. The number of aryl methyl sites for hydroxylation is 1. The molecule has 0 aliphatic heterocycles. The van der Waals surface area contributed by atoms with Crippen LogP contribution in [0.15, 0.2) is 30.3 Å². The van der Waals surface area contributed by atoms with Gasteiger partial charge in [-0.15, -0.1) is 10.2 Å². The van der Waals surface area contributed by atoms with Crippen LogP contribution in [0.1, 0.15) is 16.1 Å². The fraction of sp³-hybridized carbons (Fsp3) is 0.154. The Labute approximate surface area is 119 Å². The molecule has 0 bridgehead atoms. The van der Waals surface area contributed by atoms with E-state index in [4.69, 9.17) is 4.74 Å². The molecule has 1 amide bonds. The predicted molar refractivity (Wildman–Crippen MR) is 74.4 cm³/mol. The number of aromatic nitrogens is 2. The molecule has 0 atom stereocenters. The van der Waals surface area contributed by atoms with Crippen molar-refractivity contribution in [3.8, 4) is 5.88 Å². The standard InChI is InChI=1S/C13H12N4O4/c1-8-4-3-5-10(17(19)20)12(8)14-13(18)9-6-7-11(21-2)16-15-9/h3-7H,1-2H3,(H,14,18). The highest BCUT2D eigenvalue weighted by atomic mass is 16.6. The SMILES string of the molecule is COc1ccc(C(=O)Nc2c(C)cccc2[N+](=O)[O-])nn1. The van der Waals surface area contributed by atoms with Crippen LogP contribution < -0.4 is 10.1 Å². The average Bonchev–Trinajstić information content (AvgIpc) is 2.49. The number of carbonyl (C=O) groups is 1. The third-order valence-electron chi connectivity index (χ3n) is 2.77. The summed E-state index contributed by atoms with van der Waals surface area (Å²) in [6.07, 6.45) is 0. The minimum absolute atomic E-state index is 0.0355. The van der Waals surface area contributed by atoms with Crippen LogP contribution in [0, 0.1) is 17.0 Å². The van der Waals surface area contributed by atoms with E-state index >= 15 is 0 Å². The highest BCUT2D eigenvalue weighted by Crippen LogP contribution is 2.27. The van der Waals surface area contributed by atoms with Crippen LogP contribution in [-0.4, -0.2) is 28.1 Å². The number of amides is 1. The van der Waals surface area contributed by atoms with Crippen molar-refractivity contribution in [1.29, 1.82) is 0 Å². The quantitative estimate of drug-likeness (QED) is 0.680. The third-order valence-corrected chi connectivity index (χ3v) is 2.77. The molecule has 0 saturated carbocycles. The van der Waals surface area contributed by atoms with E-state index < -0.39 is 10.8 Å². The van der Waals surface area contributed by atoms with Crippen LogP contribution in [0.25, 0.3) is 0 Å². The first kappa shape index (κ1) is 14.4. The number of ether oxygens (including phenoxy) is 1. The van der Waals surface area contributed by atoms with Crippen molar-refractivity contribution in [2.45, 2.75) is 6.92 Å². The summed E-state index contributed by atoms with van der Waals surface area (Å²) in [5.41, 5.74) is 0.585. The van der Waals surface area contributed by atoms with Gasteiger partial charge in [0, 0.05) is 12.1 Å². The van der Waals surface area contributed by atoms with Crippen LogP contribution >= 0.6 is 0 Å². The lowest BCUT2D eigenvalue weighted by molar-refractivity contribution is -0.383. The molecule has 8 heteroatoms. The summed E-state index contributed by atoms with van der Waals surface area (Å²) in [5, 5.41) is 20.8. The number of methoxy groups -OCH3 is 1. The molecular formula is C13H12N4O4. The molecule has 0 saturated heterocycles. The van der Waals surface area contributed by atoms with Crippen molar-refractivity contribution in [1.82, 2.24) is 10.2 Å². The van der Waals surface area contributed by atoms with Crippen LogP contribution in [0.3, 0.4) is 0 Å². The topological polar surface area (TPSA) is 107 Å². The number of rotatable bonds is 4. The highest BCUT2D eigenvalue weighted by Gasteiger charge is 2.19. The minimum Gasteiger partial charge on any atom is -0.480 e. The normalized spacial score (nSPS) is 10.0. The Balaban J connectivity index is 2.29. The number of benzene rings is 1. The van der Waals surface area contributed by atoms with E-state index in [9.17, 15) is 14.9 Å². The second kappa shape index (κ2) is 5.95. The summed E-state index contributed by atoms with van der Waals surface area (Å²) < 4.78 is 4.84. The molecule has 2 aromatic rings. The number of hydrogen-bond acceptors (Lipinski definition) is 6. The fourth-order valence-electron chi connectivity index (χ4n) is 1.69. The van der Waals surface area contributed by atoms with E-state index in [1.165, 1.54) is 25.3 Å². The Morgan fingerprint density at radius 3 is 2.62 bits per heavy atom. The minimum atomic E-state index is -0.581. The van der Waals surface area contributed by atoms with Gasteiger partial charge in [0.25, 0.3) is 11.6 Å². The maximum Gasteiger partial charge on any atom is 0.293 e. The van der Waals surface area contributed by atoms with Gasteiger partial charge in [-0.25, -0.2) is 0 Å². The molecule has 0 fully saturated rings. The monoisotopic (exact) mass is 288 g/mol. The summed E-state index contributed by atoms with van der Waals surface area (Å²) in [5.74, 6) is -0.309. The molecule has 108 valence electrons. The number of hydrogen-bond donors (Lipinski definition) is 1. The molecule has 0 aliphatic rings. The Bertz CT molecular complexity index is 685. The molecule has 1 heterocycles. The lowest BCUT2D eigenvalue weighted by Crippen LogP contribution is -2.16. The van der Waals surface area contributed by atoms with E-state index in [-0.39, 0.29) is 22.9 Å². The van der Waals surface area contributed by atoms with Crippen LogP contribution in [0.5, 0.6) is 5.88 Å². The molecule has 1 N–H and O–H groups in total. The highest BCUT2D eigenvalue weighted by molar-refractivity contribution is 6.04. The summed E-state index contributed by atoms with van der Waals surface area (Å²) >= 11 is 0. The Kier molecular flexibility index (Phi) is 4.07. The molecule has 1 aromatic carbocycles. The van der Waals surface area contributed by atoms with Crippen molar-refractivity contribution in [2.75, 3.05) is 12.4 Å². The lowest BCUT2D eigenvalue weighted by Gasteiger charge is -2.08. The molecule has 8 nitrogen and oxygen atoms in total. The van der Waals surface area contributed by atoms with Gasteiger partial charge in [-0.05, 0) is 18.6 Å². The largest absolute Gasteiger partial charge is 0.480 e. The number of para-hydroxylation sites is 1. The number of nitro benzene ring substituents is 1. The number of anilines is 1. The zero-order chi connectivity index (χ0) is 15.4. The van der Waals surface area contributed by atoms with Crippen molar-refractivity contribution in [2.24, 2.45) is 0 Å². The van der Waals surface area contributed by atoms with Crippen LogP contribution in [0.2, 0.25) is 0 Å². The molecule has 2 rings (SSSR count). The summed E-state index contributed by atoms with van der Waals surface area (Å²) in [4.78, 5) is 22.5. The summed E-state index contributed by atoms with van der Waals surface area (Å²) in [6, 6.07) is 7.44. The fourth-order valence-corrected chi connectivity index (χ4v) is 1.69. The lowest BCUT2D eigenvalue weighted by atomic mass is 10.1. The molecule has 0 aliphatic carbocycles. The van der Waals surface area contributed by atoms with Gasteiger partial charge in [-0.1, -0.05) is 12.1 Å². The van der Waals surface area contributed by atoms with Gasteiger partial charge >= 0.3 is 0 Å². The average molecular weight is 288 g/mol. The molecule has 0 radical (unpaired) electrons. The van der Waals surface area contributed by atoms with E-state index in [0.29, 0.717) is 5.56 Å². The summed E-state index contributed by atoms with van der Waals surface area (Å²) in [7, 11) is 1.43. The van der Waals surface area contributed by atoms with E-state index in [1.807, 2.05) is 0 Å². The number of nitrogens with zero attached hydrogens (tertiary/aromatic N) is 3. The summed E-state index contributed by atoms with van der Waals surface area (Å²) in [6.45, 7) is 1.67. The van der Waals surface area contributed by atoms with Crippen LogP contribution in [0.4, 0.5) is 11.4 Å². The molecular weight excluding hydrogens is 276 g/mol. The molecule has 21 heavy (non-hydrogen) atoms. The van der Waals surface area contributed by atoms with Crippen molar-refractivity contribution in [3.05, 3.63) is 51.7 Å². The number of nitrogens with one attached hydrogen (secondary N) is 1. The second-order valence-corrected chi connectivity index (χ2v) is 4.14. The maximum absolute atomic E-state index is 12.1. The van der Waals surface area contributed by atoms with Gasteiger partial charge in [0.1, 0.15) is 5.69 Å². The second-order valence-electron chi connectivity index (χ2n) is 4.14. The Morgan fingerprint density at radius 1 is 1.29 bits per heavy atom. The first-order chi connectivity index (χ1) is 10.0. The van der Waals surface area contributed by atoms with Gasteiger partial charge < -0.3 is 10.1 Å². The van der Waals surface area contributed by atoms with Gasteiger partial charge in [0.05, 0.1) is 12.0 Å². The van der Waals surface area contributed by atoms with Crippen molar-refractivity contribution < 1.29 is 14.5 Å². The molecule has 0 unspecified atom stereocenters. The maximum atomic E-state index is 12.1. The zero-order valence-electron chi connectivity index (χ0n) is 11.4. The van der Waals surface area contributed by atoms with Gasteiger partial charge in [-0.2, -0.15) is 0 Å². The molecule has 0 spiro atoms. The van der Waals surface area contributed by atoms with Crippen molar-refractivity contribution in [3.63, 3.8) is 0 Å². The van der Waals surface area contributed by atoms with Gasteiger partial charge in [-0.3, -0.25) is 14.9 Å². The van der Waals surface area contributed by atoms with E-state index in [0.717, 1.165) is 0 Å². The van der Waals surface area contributed by atoms with E-state index in [1.54, 1.807) is 19.1 Å². The first-order valence-electron chi connectivity index (χ1n) is 5.96. The smallest absolute Gasteiger partial charge is 0.293 e. The van der Waals surface area contributed by atoms with Gasteiger partial charge in [0.2, 0.25) is 5.88 Å². The number of nitro groups is 1. The van der Waals surface area contributed by atoms with Crippen LogP contribution in [-0.2, 0) is 0 Å². The van der Waals surface area contributed by atoms with E-state index in [2.05, 4.69) is 15.5 Å². The Hall–Kier alpha value is -3.03. The molecule has 1 aromatic heterocycles. The third kappa shape index (κ3) is 3.11. The zero-order valence-corrected chi connectivity index (χ0v) is 11.4.